The summed E-state index contributed by atoms with van der Waals surface area (Å²) in [6, 6.07) is 64.7. The van der Waals surface area contributed by atoms with Gasteiger partial charge in [0.25, 0.3) is 0 Å². The maximum atomic E-state index is 6.47. The average Bonchev–Trinajstić information content (AvgIpc) is 3.77. The molecule has 0 saturated heterocycles. The van der Waals surface area contributed by atoms with Crippen LogP contribution in [0.25, 0.3) is 73.1 Å². The lowest BCUT2D eigenvalue weighted by molar-refractivity contribution is 0.669. The molecule has 0 unspecified atom stereocenters. The normalized spacial score (nSPS) is 12.9. The van der Waals surface area contributed by atoms with E-state index >= 15 is 0 Å². The number of hydrogen-bond acceptors (Lipinski definition) is 3. The quantitative estimate of drug-likeness (QED) is 0.170. The second-order valence-corrected chi connectivity index (χ2v) is 14.7. The number of rotatable bonds is 6. The first-order valence-corrected chi connectivity index (χ1v) is 19.4. The first-order valence-electron chi connectivity index (χ1n) is 19.4. The van der Waals surface area contributed by atoms with Gasteiger partial charge in [0, 0.05) is 66.8 Å². The highest BCUT2D eigenvalue weighted by molar-refractivity contribution is 6.14. The third kappa shape index (κ3) is 5.22. The summed E-state index contributed by atoms with van der Waals surface area (Å²) in [7, 11) is 0. The Morgan fingerprint density at radius 3 is 2.05 bits per heavy atom. The van der Waals surface area contributed by atoms with Gasteiger partial charge in [-0.15, -0.1) is 0 Å². The Balaban J connectivity index is 1.15. The molecule has 0 spiro atoms. The van der Waals surface area contributed by atoms with Crippen LogP contribution in [0.3, 0.4) is 0 Å². The van der Waals surface area contributed by atoms with Crippen molar-refractivity contribution < 1.29 is 4.42 Å². The maximum Gasteiger partial charge on any atom is 0.137 e. The third-order valence-electron chi connectivity index (χ3n) is 11.4. The fourth-order valence-corrected chi connectivity index (χ4v) is 8.83. The maximum absolute atomic E-state index is 6.47. The molecule has 4 heteroatoms. The SMILES string of the molecule is C=c1/c(=C\C=C(/C)N(c2ccc3c(c2)N(c2ccccc2)c2cccc4cccc-3c24)c2ccc3c(c2)oc2ccccc23)n(-c2ccccc2)c2ccccc12. The van der Waals surface area contributed by atoms with E-state index in [1.807, 2.05) is 12.1 Å². The molecule has 3 heterocycles. The molecule has 2 aromatic heterocycles. The number of para-hydroxylation sites is 4. The molecular weight excluding hydrogens is 695 g/mol. The Bertz CT molecular complexity index is 3330. The summed E-state index contributed by atoms with van der Waals surface area (Å²) < 4.78 is 8.77. The van der Waals surface area contributed by atoms with E-state index in [2.05, 4.69) is 210 Å². The first kappa shape index (κ1) is 32.8. The monoisotopic (exact) mass is 731 g/mol. The van der Waals surface area contributed by atoms with Gasteiger partial charge in [0.05, 0.1) is 22.2 Å². The van der Waals surface area contributed by atoms with E-state index in [9.17, 15) is 0 Å². The largest absolute Gasteiger partial charge is 0.456 e. The molecule has 1 aliphatic rings. The van der Waals surface area contributed by atoms with Gasteiger partial charge < -0.3 is 18.8 Å². The molecule has 57 heavy (non-hydrogen) atoms. The Kier molecular flexibility index (Phi) is 7.51. The number of hydrogen-bond donors (Lipinski definition) is 0. The van der Waals surface area contributed by atoms with Gasteiger partial charge in [-0.05, 0) is 96.8 Å². The van der Waals surface area contributed by atoms with Gasteiger partial charge in [-0.25, -0.2) is 0 Å². The summed E-state index contributed by atoms with van der Waals surface area (Å²) in [6.07, 6.45) is 4.43. The number of aromatic nitrogens is 1. The van der Waals surface area contributed by atoms with E-state index in [4.69, 9.17) is 4.42 Å². The van der Waals surface area contributed by atoms with E-state index in [-0.39, 0.29) is 0 Å². The zero-order valence-corrected chi connectivity index (χ0v) is 31.4. The van der Waals surface area contributed by atoms with Crippen LogP contribution in [0.15, 0.2) is 198 Å². The van der Waals surface area contributed by atoms with Crippen molar-refractivity contribution in [3.8, 4) is 16.8 Å². The lowest BCUT2D eigenvalue weighted by atomic mass is 9.90. The van der Waals surface area contributed by atoms with Gasteiger partial charge in [0.1, 0.15) is 11.2 Å². The van der Waals surface area contributed by atoms with E-state index in [0.717, 1.165) is 77.5 Å². The molecule has 0 N–H and O–H groups in total. The van der Waals surface area contributed by atoms with E-state index in [1.165, 1.54) is 27.6 Å². The molecular formula is C53H37N3O. The van der Waals surface area contributed by atoms with Gasteiger partial charge >= 0.3 is 0 Å². The molecule has 4 nitrogen and oxygen atoms in total. The summed E-state index contributed by atoms with van der Waals surface area (Å²) in [6.45, 7) is 6.78. The lowest BCUT2D eigenvalue weighted by Crippen LogP contribution is -2.27. The first-order chi connectivity index (χ1) is 28.1. The molecule has 0 fully saturated rings. The third-order valence-corrected chi connectivity index (χ3v) is 11.4. The molecule has 10 aromatic rings. The van der Waals surface area contributed by atoms with Crippen molar-refractivity contribution in [1.29, 1.82) is 0 Å². The fraction of sp³-hybridized carbons (Fsp3) is 0.0189. The molecule has 0 amide bonds. The summed E-state index contributed by atoms with van der Waals surface area (Å²) in [4.78, 5) is 4.75. The number of nitrogens with zero attached hydrogens (tertiary/aromatic N) is 3. The van der Waals surface area contributed by atoms with Crippen molar-refractivity contribution in [2.75, 3.05) is 9.80 Å². The van der Waals surface area contributed by atoms with Crippen LogP contribution in [-0.2, 0) is 0 Å². The molecule has 0 bridgehead atoms. The smallest absolute Gasteiger partial charge is 0.137 e. The Labute approximate surface area is 330 Å². The summed E-state index contributed by atoms with van der Waals surface area (Å²) >= 11 is 0. The molecule has 0 aliphatic carbocycles. The number of anilines is 5. The van der Waals surface area contributed by atoms with Crippen LogP contribution in [0.5, 0.6) is 0 Å². The second-order valence-electron chi connectivity index (χ2n) is 14.7. The highest BCUT2D eigenvalue weighted by Gasteiger charge is 2.27. The van der Waals surface area contributed by atoms with Crippen LogP contribution >= 0.6 is 0 Å². The topological polar surface area (TPSA) is 24.6 Å². The van der Waals surface area contributed by atoms with Crippen LogP contribution in [0.2, 0.25) is 0 Å². The summed E-state index contributed by atoms with van der Waals surface area (Å²) in [5.74, 6) is 0. The molecule has 1 aliphatic heterocycles. The molecule has 0 radical (unpaired) electrons. The van der Waals surface area contributed by atoms with Crippen LogP contribution in [0.4, 0.5) is 28.4 Å². The number of fused-ring (bicyclic) bond motifs is 6. The zero-order valence-electron chi connectivity index (χ0n) is 31.4. The summed E-state index contributed by atoms with van der Waals surface area (Å²) in [5, 5.41) is 7.88. The number of benzene rings is 8. The highest BCUT2D eigenvalue weighted by atomic mass is 16.3. The predicted octanol–water partition coefficient (Wildman–Crippen LogP) is 13.1. The van der Waals surface area contributed by atoms with Gasteiger partial charge in [-0.3, -0.25) is 0 Å². The van der Waals surface area contributed by atoms with Crippen molar-refractivity contribution >= 4 is 84.7 Å². The predicted molar refractivity (Wildman–Crippen MR) is 240 cm³/mol. The van der Waals surface area contributed by atoms with Crippen LogP contribution in [0, 0.1) is 0 Å². The highest BCUT2D eigenvalue weighted by Crippen LogP contribution is 2.52. The van der Waals surface area contributed by atoms with Crippen molar-refractivity contribution in [3.05, 3.63) is 204 Å². The van der Waals surface area contributed by atoms with E-state index < -0.39 is 0 Å². The molecule has 11 rings (SSSR count). The van der Waals surface area contributed by atoms with Crippen LogP contribution < -0.4 is 20.4 Å². The fourth-order valence-electron chi connectivity index (χ4n) is 8.83. The van der Waals surface area contributed by atoms with E-state index in [1.54, 1.807) is 0 Å². The minimum absolute atomic E-state index is 0.851. The van der Waals surface area contributed by atoms with Crippen molar-refractivity contribution in [3.63, 3.8) is 0 Å². The Morgan fingerprint density at radius 1 is 0.561 bits per heavy atom. The minimum Gasteiger partial charge on any atom is -0.456 e. The second kappa shape index (κ2) is 13.0. The van der Waals surface area contributed by atoms with Crippen LogP contribution in [0.1, 0.15) is 6.92 Å². The van der Waals surface area contributed by atoms with Crippen molar-refractivity contribution in [1.82, 2.24) is 4.57 Å². The average molecular weight is 732 g/mol. The molecule has 0 atom stereocenters. The Morgan fingerprint density at radius 2 is 1.23 bits per heavy atom. The van der Waals surface area contributed by atoms with Crippen molar-refractivity contribution in [2.45, 2.75) is 6.92 Å². The Hall–Kier alpha value is -7.56. The zero-order chi connectivity index (χ0) is 38.0. The molecule has 0 saturated carbocycles. The van der Waals surface area contributed by atoms with Gasteiger partial charge in [0.15, 0.2) is 0 Å². The number of furan rings is 1. The van der Waals surface area contributed by atoms with Crippen LogP contribution in [-0.4, -0.2) is 4.57 Å². The van der Waals surface area contributed by atoms with E-state index in [0.29, 0.717) is 0 Å². The summed E-state index contributed by atoms with van der Waals surface area (Å²) in [5.41, 5.74) is 12.9. The molecule has 270 valence electrons. The van der Waals surface area contributed by atoms with Crippen molar-refractivity contribution in [2.24, 2.45) is 0 Å². The molecule has 8 aromatic carbocycles. The standard InChI is InChI=1S/C53H37N3O/c1-35(27-32-47-36(2)42-21-9-11-24-48(42)55(47)38-17-5-3-6-18-38)54(41-29-31-45-44-22-10-12-26-51(44)57-52(45)34-41)40-28-30-43-46-23-13-15-37-16-14-25-49(53(37)46)56(50(43)33-40)39-19-7-4-8-20-39/h3-34H,2H2,1H3/b35-27+,47-32+. The van der Waals surface area contributed by atoms with Gasteiger partial charge in [-0.1, -0.05) is 116 Å². The van der Waals surface area contributed by atoms with Gasteiger partial charge in [-0.2, -0.15) is 0 Å². The minimum atomic E-state index is 0.851. The number of allylic oxidation sites excluding steroid dienone is 2. The van der Waals surface area contributed by atoms with Gasteiger partial charge in [0.2, 0.25) is 0 Å². The lowest BCUT2D eigenvalue weighted by Gasteiger charge is -2.35.